The molecular weight excluding hydrogens is 238 g/mol. The van der Waals surface area contributed by atoms with Crippen LogP contribution in [-0.2, 0) is 0 Å². The van der Waals surface area contributed by atoms with Gasteiger partial charge in [0, 0.05) is 11.4 Å². The number of para-hydroxylation sites is 1. The van der Waals surface area contributed by atoms with Crippen LogP contribution in [0.1, 0.15) is 20.3 Å². The van der Waals surface area contributed by atoms with Crippen molar-refractivity contribution in [3.05, 3.63) is 59.7 Å². The van der Waals surface area contributed by atoms with E-state index in [-0.39, 0.29) is 0 Å². The lowest BCUT2D eigenvalue weighted by Crippen LogP contribution is -2.16. The second-order valence-corrected chi connectivity index (χ2v) is 5.10. The van der Waals surface area contributed by atoms with Crippen molar-refractivity contribution >= 4 is 17.4 Å². The van der Waals surface area contributed by atoms with Crippen LogP contribution >= 0.6 is 11.8 Å². The maximum absolute atomic E-state index is 3.71. The second kappa shape index (κ2) is 5.96. The van der Waals surface area contributed by atoms with Crippen LogP contribution in [0.4, 0.5) is 5.69 Å². The highest BCUT2D eigenvalue weighted by molar-refractivity contribution is 8.03. The van der Waals surface area contributed by atoms with Gasteiger partial charge in [-0.1, -0.05) is 43.5 Å². The molecule has 0 N–H and O–H groups in total. The van der Waals surface area contributed by atoms with Crippen molar-refractivity contribution in [3.63, 3.8) is 0 Å². The van der Waals surface area contributed by atoms with Crippen LogP contribution in [0.2, 0.25) is 0 Å². The SMILES string of the molecule is C=[C]C(=CC=C1Sc2ccccc2N1CC)CC. The van der Waals surface area contributed by atoms with Crippen LogP contribution in [0.5, 0.6) is 0 Å². The smallest absolute Gasteiger partial charge is 0.0801 e. The summed E-state index contributed by atoms with van der Waals surface area (Å²) in [6.45, 7) is 9.00. The molecule has 2 heteroatoms. The summed E-state index contributed by atoms with van der Waals surface area (Å²) in [6.07, 6.45) is 8.22. The third kappa shape index (κ3) is 2.54. The van der Waals surface area contributed by atoms with Crippen LogP contribution in [0.25, 0.3) is 0 Å². The number of thioether (sulfide) groups is 1. The molecule has 0 bridgehead atoms. The lowest BCUT2D eigenvalue weighted by Gasteiger charge is -2.17. The molecule has 0 aliphatic carbocycles. The molecule has 18 heavy (non-hydrogen) atoms. The zero-order valence-corrected chi connectivity index (χ0v) is 11.8. The van der Waals surface area contributed by atoms with Crippen molar-refractivity contribution in [2.75, 3.05) is 11.4 Å². The molecule has 2 rings (SSSR count). The van der Waals surface area contributed by atoms with E-state index in [1.165, 1.54) is 15.6 Å². The number of rotatable bonds is 4. The van der Waals surface area contributed by atoms with Gasteiger partial charge in [0.05, 0.1) is 10.7 Å². The third-order valence-electron chi connectivity index (χ3n) is 2.99. The fourth-order valence-electron chi connectivity index (χ4n) is 1.98. The van der Waals surface area contributed by atoms with Crippen molar-refractivity contribution in [3.8, 4) is 0 Å². The molecule has 1 heterocycles. The number of allylic oxidation sites excluding steroid dienone is 4. The Kier molecular flexibility index (Phi) is 4.32. The molecular formula is C16H18NS. The number of nitrogens with zero attached hydrogens (tertiary/aromatic N) is 1. The monoisotopic (exact) mass is 256 g/mol. The van der Waals surface area contributed by atoms with Gasteiger partial charge in [-0.3, -0.25) is 0 Å². The number of hydrogen-bond acceptors (Lipinski definition) is 2. The summed E-state index contributed by atoms with van der Waals surface area (Å²) in [7, 11) is 0. The Labute approximate surface area is 114 Å². The van der Waals surface area contributed by atoms with Crippen molar-refractivity contribution in [2.24, 2.45) is 0 Å². The maximum Gasteiger partial charge on any atom is 0.0801 e. The summed E-state index contributed by atoms with van der Waals surface area (Å²) in [5.41, 5.74) is 2.46. The average Bonchev–Trinajstić information content (AvgIpc) is 2.77. The fourth-order valence-corrected chi connectivity index (χ4v) is 3.11. The molecule has 0 atom stereocenters. The van der Waals surface area contributed by atoms with Crippen molar-refractivity contribution < 1.29 is 0 Å². The molecule has 0 spiro atoms. The molecule has 1 nitrogen and oxygen atoms in total. The molecule has 93 valence electrons. The Morgan fingerprint density at radius 2 is 2.17 bits per heavy atom. The third-order valence-corrected chi connectivity index (χ3v) is 4.12. The molecule has 1 aromatic carbocycles. The number of anilines is 1. The molecule has 0 aromatic heterocycles. The van der Waals surface area contributed by atoms with E-state index in [9.17, 15) is 0 Å². The van der Waals surface area contributed by atoms with Crippen LogP contribution < -0.4 is 4.90 Å². The standard InChI is InChI=1S/C16H18NS/c1-4-13(5-2)11-12-16-17(6-3)14-9-7-8-10-15(14)18-16/h7-12H,1,5-6H2,2-3H3. The lowest BCUT2D eigenvalue weighted by atomic mass is 10.2. The Hall–Kier alpha value is -1.41. The van der Waals surface area contributed by atoms with E-state index in [1.54, 1.807) is 0 Å². The first-order valence-corrected chi connectivity index (χ1v) is 7.10. The Morgan fingerprint density at radius 1 is 1.39 bits per heavy atom. The van der Waals surface area contributed by atoms with Gasteiger partial charge in [-0.15, -0.1) is 0 Å². The maximum atomic E-state index is 3.71. The zero-order valence-electron chi connectivity index (χ0n) is 10.9. The van der Waals surface area contributed by atoms with Gasteiger partial charge in [0.1, 0.15) is 0 Å². The van der Waals surface area contributed by atoms with Gasteiger partial charge in [0.15, 0.2) is 0 Å². The summed E-state index contributed by atoms with van der Waals surface area (Å²) in [5, 5.41) is 1.28. The van der Waals surface area contributed by atoms with E-state index in [2.05, 4.69) is 67.8 Å². The van der Waals surface area contributed by atoms with Gasteiger partial charge in [-0.05, 0) is 43.2 Å². The summed E-state index contributed by atoms with van der Waals surface area (Å²) in [4.78, 5) is 3.67. The highest BCUT2D eigenvalue weighted by atomic mass is 32.2. The normalized spacial score (nSPS) is 17.1. The Bertz CT molecular complexity index is 500. The van der Waals surface area contributed by atoms with Crippen molar-refractivity contribution in [2.45, 2.75) is 25.2 Å². The first kappa shape index (κ1) is 13.0. The second-order valence-electron chi connectivity index (χ2n) is 4.04. The average molecular weight is 256 g/mol. The van der Waals surface area contributed by atoms with E-state index < -0.39 is 0 Å². The van der Waals surface area contributed by atoms with Gasteiger partial charge in [0.2, 0.25) is 0 Å². The highest BCUT2D eigenvalue weighted by Gasteiger charge is 2.22. The van der Waals surface area contributed by atoms with E-state index in [1.807, 2.05) is 11.8 Å². The highest BCUT2D eigenvalue weighted by Crippen LogP contribution is 2.45. The molecule has 1 aromatic rings. The molecule has 1 aliphatic rings. The molecule has 0 unspecified atom stereocenters. The van der Waals surface area contributed by atoms with Gasteiger partial charge < -0.3 is 4.90 Å². The van der Waals surface area contributed by atoms with Crippen molar-refractivity contribution in [1.82, 2.24) is 0 Å². The molecule has 0 amide bonds. The summed E-state index contributed by atoms with van der Waals surface area (Å²) in [6, 6.07) is 8.54. The molecule has 1 radical (unpaired) electrons. The van der Waals surface area contributed by atoms with Crippen LogP contribution in [0, 0.1) is 6.08 Å². The molecule has 0 saturated heterocycles. The van der Waals surface area contributed by atoms with E-state index in [0.717, 1.165) is 18.5 Å². The topological polar surface area (TPSA) is 3.24 Å². The van der Waals surface area contributed by atoms with Crippen molar-refractivity contribution in [1.29, 1.82) is 0 Å². The molecule has 0 fully saturated rings. The zero-order chi connectivity index (χ0) is 13.0. The molecule has 1 aliphatic heterocycles. The minimum Gasteiger partial charge on any atom is -0.335 e. The quantitative estimate of drug-likeness (QED) is 0.713. The lowest BCUT2D eigenvalue weighted by molar-refractivity contribution is 1.00. The number of benzene rings is 1. The predicted molar refractivity (Wildman–Crippen MR) is 80.6 cm³/mol. The minimum absolute atomic E-state index is 0.969. The molecule has 0 saturated carbocycles. The van der Waals surface area contributed by atoms with Gasteiger partial charge in [0.25, 0.3) is 0 Å². The Morgan fingerprint density at radius 3 is 2.83 bits per heavy atom. The number of hydrogen-bond donors (Lipinski definition) is 0. The first-order valence-electron chi connectivity index (χ1n) is 6.28. The Balaban J connectivity index is 2.30. The largest absolute Gasteiger partial charge is 0.335 e. The predicted octanol–water partition coefficient (Wildman–Crippen LogP) is 4.79. The van der Waals surface area contributed by atoms with Crippen LogP contribution in [0.15, 0.2) is 58.5 Å². The van der Waals surface area contributed by atoms with E-state index in [4.69, 9.17) is 0 Å². The van der Waals surface area contributed by atoms with E-state index in [0.29, 0.717) is 0 Å². The summed E-state index contributed by atoms with van der Waals surface area (Å²) < 4.78 is 0. The van der Waals surface area contributed by atoms with Gasteiger partial charge in [-0.2, -0.15) is 0 Å². The van der Waals surface area contributed by atoms with E-state index >= 15 is 0 Å². The van der Waals surface area contributed by atoms with Crippen LogP contribution in [-0.4, -0.2) is 6.54 Å². The first-order chi connectivity index (χ1) is 8.80. The van der Waals surface area contributed by atoms with Gasteiger partial charge in [-0.25, -0.2) is 0 Å². The summed E-state index contributed by atoms with van der Waals surface area (Å²) >= 11 is 1.83. The number of fused-ring (bicyclic) bond motifs is 1. The minimum atomic E-state index is 0.969. The van der Waals surface area contributed by atoms with Crippen LogP contribution in [0.3, 0.4) is 0 Å². The van der Waals surface area contributed by atoms with Gasteiger partial charge >= 0.3 is 0 Å². The summed E-state index contributed by atoms with van der Waals surface area (Å²) in [5.74, 6) is 0. The fraction of sp³-hybridized carbons (Fsp3) is 0.250.